The number of thioether (sulfide) groups is 1. The zero-order chi connectivity index (χ0) is 13.9. The lowest BCUT2D eigenvalue weighted by Gasteiger charge is -2.12. The van der Waals surface area contributed by atoms with E-state index in [9.17, 15) is 8.42 Å². The molecule has 1 aromatic rings. The first-order chi connectivity index (χ1) is 9.03. The summed E-state index contributed by atoms with van der Waals surface area (Å²) in [6.45, 7) is 2.80. The molecule has 1 atom stereocenters. The second-order valence-corrected chi connectivity index (χ2v) is 7.95. The molecule has 1 aliphatic heterocycles. The second-order valence-electron chi connectivity index (χ2n) is 4.78. The lowest BCUT2D eigenvalue weighted by molar-refractivity contribution is 0.579. The first-order valence-electron chi connectivity index (χ1n) is 6.44. The summed E-state index contributed by atoms with van der Waals surface area (Å²) in [6.07, 6.45) is 2.27. The molecule has 106 valence electrons. The van der Waals surface area contributed by atoms with Gasteiger partial charge in [0.1, 0.15) is 0 Å². The molecule has 4 nitrogen and oxygen atoms in total. The van der Waals surface area contributed by atoms with Gasteiger partial charge in [0.15, 0.2) is 0 Å². The highest BCUT2D eigenvalue weighted by atomic mass is 32.2. The summed E-state index contributed by atoms with van der Waals surface area (Å²) in [5.41, 5.74) is 7.51. The molecular formula is C13H20N2O2S2. The van der Waals surface area contributed by atoms with Crippen molar-refractivity contribution in [2.75, 3.05) is 12.3 Å². The van der Waals surface area contributed by atoms with Crippen LogP contribution >= 0.6 is 11.8 Å². The fourth-order valence-corrected chi connectivity index (χ4v) is 4.56. The third-order valence-electron chi connectivity index (χ3n) is 3.38. The summed E-state index contributed by atoms with van der Waals surface area (Å²) < 4.78 is 27.1. The van der Waals surface area contributed by atoms with Gasteiger partial charge in [0, 0.05) is 18.3 Å². The van der Waals surface area contributed by atoms with E-state index in [4.69, 9.17) is 5.73 Å². The van der Waals surface area contributed by atoms with Crippen molar-refractivity contribution < 1.29 is 8.42 Å². The molecule has 0 spiro atoms. The molecule has 1 aliphatic rings. The van der Waals surface area contributed by atoms with E-state index in [-0.39, 0.29) is 0 Å². The van der Waals surface area contributed by atoms with Crippen LogP contribution in [0.2, 0.25) is 0 Å². The van der Waals surface area contributed by atoms with Crippen LogP contribution in [0.25, 0.3) is 0 Å². The van der Waals surface area contributed by atoms with Gasteiger partial charge >= 0.3 is 0 Å². The Hall–Kier alpha value is -0.560. The molecule has 0 radical (unpaired) electrons. The summed E-state index contributed by atoms with van der Waals surface area (Å²) in [5.74, 6) is 1.13. The van der Waals surface area contributed by atoms with Gasteiger partial charge in [-0.3, -0.25) is 0 Å². The van der Waals surface area contributed by atoms with E-state index >= 15 is 0 Å². The van der Waals surface area contributed by atoms with Crippen LogP contribution in [-0.2, 0) is 16.6 Å². The molecule has 6 heteroatoms. The molecule has 19 heavy (non-hydrogen) atoms. The SMILES string of the molecule is Cc1ccc(S(=O)(=O)NCC2CCCS2)cc1CN. The fraction of sp³-hybridized carbons (Fsp3) is 0.538. The maximum Gasteiger partial charge on any atom is 0.240 e. The predicted octanol–water partition coefficient (Wildman–Crippen LogP) is 1.63. The maximum absolute atomic E-state index is 12.2. The number of benzene rings is 1. The van der Waals surface area contributed by atoms with Crippen molar-refractivity contribution in [2.45, 2.75) is 36.5 Å². The van der Waals surface area contributed by atoms with Crippen molar-refractivity contribution in [2.24, 2.45) is 5.73 Å². The van der Waals surface area contributed by atoms with Crippen LogP contribution in [0, 0.1) is 6.92 Å². The highest BCUT2D eigenvalue weighted by Gasteiger charge is 2.20. The highest BCUT2D eigenvalue weighted by molar-refractivity contribution is 8.00. The summed E-state index contributed by atoms with van der Waals surface area (Å²) >= 11 is 1.84. The number of sulfonamides is 1. The molecule has 1 unspecified atom stereocenters. The maximum atomic E-state index is 12.2. The van der Waals surface area contributed by atoms with Gasteiger partial charge < -0.3 is 5.73 Å². The number of nitrogens with two attached hydrogens (primary N) is 1. The summed E-state index contributed by atoms with van der Waals surface area (Å²) in [4.78, 5) is 0.307. The topological polar surface area (TPSA) is 72.2 Å². The van der Waals surface area contributed by atoms with Crippen molar-refractivity contribution in [1.29, 1.82) is 0 Å². The van der Waals surface area contributed by atoms with E-state index in [2.05, 4.69) is 4.72 Å². The molecule has 1 aromatic carbocycles. The Bertz CT molecular complexity index is 538. The lowest BCUT2D eigenvalue weighted by atomic mass is 10.1. The molecular weight excluding hydrogens is 280 g/mol. The third kappa shape index (κ3) is 3.72. The highest BCUT2D eigenvalue weighted by Crippen LogP contribution is 2.25. The summed E-state index contributed by atoms with van der Waals surface area (Å²) in [6, 6.07) is 5.11. The average molecular weight is 300 g/mol. The first-order valence-corrected chi connectivity index (χ1v) is 8.97. The van der Waals surface area contributed by atoms with E-state index < -0.39 is 10.0 Å². The van der Waals surface area contributed by atoms with Crippen molar-refractivity contribution in [1.82, 2.24) is 4.72 Å². The lowest BCUT2D eigenvalue weighted by Crippen LogP contribution is -2.30. The number of hydrogen-bond acceptors (Lipinski definition) is 4. The molecule has 3 N–H and O–H groups in total. The molecule has 0 bridgehead atoms. The van der Waals surface area contributed by atoms with Gasteiger partial charge in [-0.05, 0) is 48.8 Å². The minimum atomic E-state index is -3.42. The third-order valence-corrected chi connectivity index (χ3v) is 6.20. The van der Waals surface area contributed by atoms with Gasteiger partial charge in [-0.15, -0.1) is 0 Å². The Balaban J connectivity index is 2.10. The monoisotopic (exact) mass is 300 g/mol. The van der Waals surface area contributed by atoms with E-state index in [1.54, 1.807) is 18.2 Å². The van der Waals surface area contributed by atoms with Crippen molar-refractivity contribution in [3.63, 3.8) is 0 Å². The van der Waals surface area contributed by atoms with Crippen LogP contribution in [0.15, 0.2) is 23.1 Å². The van der Waals surface area contributed by atoms with E-state index in [0.717, 1.165) is 23.3 Å². The van der Waals surface area contributed by atoms with E-state index in [1.807, 2.05) is 18.7 Å². The predicted molar refractivity (Wildman–Crippen MR) is 79.7 cm³/mol. The van der Waals surface area contributed by atoms with Crippen molar-refractivity contribution >= 4 is 21.8 Å². The summed E-state index contributed by atoms with van der Waals surface area (Å²) in [5, 5.41) is 0.411. The minimum Gasteiger partial charge on any atom is -0.326 e. The van der Waals surface area contributed by atoms with Gasteiger partial charge in [0.2, 0.25) is 10.0 Å². The zero-order valence-corrected chi connectivity index (χ0v) is 12.7. The molecule has 1 saturated heterocycles. The van der Waals surface area contributed by atoms with Crippen LogP contribution in [0.3, 0.4) is 0 Å². The van der Waals surface area contributed by atoms with Crippen LogP contribution in [-0.4, -0.2) is 26.0 Å². The van der Waals surface area contributed by atoms with Crippen molar-refractivity contribution in [3.05, 3.63) is 29.3 Å². The molecule has 1 fully saturated rings. The number of rotatable bonds is 5. The Morgan fingerprint density at radius 2 is 2.26 bits per heavy atom. The van der Waals surface area contributed by atoms with Crippen LogP contribution in [0.4, 0.5) is 0 Å². The van der Waals surface area contributed by atoms with Crippen LogP contribution < -0.4 is 10.5 Å². The van der Waals surface area contributed by atoms with Gasteiger partial charge in [-0.1, -0.05) is 6.07 Å². The molecule has 0 aliphatic carbocycles. The van der Waals surface area contributed by atoms with Gasteiger partial charge in [-0.25, -0.2) is 13.1 Å². The fourth-order valence-electron chi connectivity index (χ4n) is 2.13. The van der Waals surface area contributed by atoms with Gasteiger partial charge in [0.25, 0.3) is 0 Å². The minimum absolute atomic E-state index is 0.307. The molecule has 2 rings (SSSR count). The Labute approximate surface area is 119 Å². The quantitative estimate of drug-likeness (QED) is 0.867. The zero-order valence-electron chi connectivity index (χ0n) is 11.1. The van der Waals surface area contributed by atoms with Gasteiger partial charge in [-0.2, -0.15) is 11.8 Å². The number of hydrogen-bond donors (Lipinski definition) is 2. The largest absolute Gasteiger partial charge is 0.326 e. The standard InChI is InChI=1S/C13H20N2O2S2/c1-10-4-5-13(7-11(10)8-14)19(16,17)15-9-12-3-2-6-18-12/h4-5,7,12,15H,2-3,6,8-9,14H2,1H3. The molecule has 0 amide bonds. The Morgan fingerprint density at radius 1 is 1.47 bits per heavy atom. The average Bonchev–Trinajstić information content (AvgIpc) is 2.90. The van der Waals surface area contributed by atoms with E-state index in [0.29, 0.717) is 23.2 Å². The Morgan fingerprint density at radius 3 is 2.89 bits per heavy atom. The molecule has 1 heterocycles. The smallest absolute Gasteiger partial charge is 0.240 e. The van der Waals surface area contributed by atoms with Crippen molar-refractivity contribution in [3.8, 4) is 0 Å². The van der Waals surface area contributed by atoms with Crippen LogP contribution in [0.5, 0.6) is 0 Å². The Kier molecular flexibility index (Phi) is 4.89. The first kappa shape index (κ1) is 14.8. The molecule has 0 saturated carbocycles. The summed E-state index contributed by atoms with van der Waals surface area (Å²) in [7, 11) is -3.42. The molecule has 0 aromatic heterocycles. The van der Waals surface area contributed by atoms with Gasteiger partial charge in [0.05, 0.1) is 4.90 Å². The number of nitrogens with one attached hydrogen (secondary N) is 1. The second kappa shape index (κ2) is 6.26. The number of aryl methyl sites for hydroxylation is 1. The normalized spacial score (nSPS) is 19.8. The van der Waals surface area contributed by atoms with E-state index in [1.165, 1.54) is 6.42 Å². The van der Waals surface area contributed by atoms with Crippen LogP contribution in [0.1, 0.15) is 24.0 Å².